The van der Waals surface area contributed by atoms with Gasteiger partial charge in [0.25, 0.3) is 0 Å². The highest BCUT2D eigenvalue weighted by atomic mass is 35.5. The summed E-state index contributed by atoms with van der Waals surface area (Å²) in [7, 11) is 1.73. The summed E-state index contributed by atoms with van der Waals surface area (Å²) < 4.78 is 0. The van der Waals surface area contributed by atoms with Crippen LogP contribution in [0.5, 0.6) is 0 Å². The highest BCUT2D eigenvalue weighted by molar-refractivity contribution is 6.35. The van der Waals surface area contributed by atoms with E-state index in [1.165, 1.54) is 0 Å². The topological polar surface area (TPSA) is 29.1 Å². The number of likely N-dealkylation sites (N-methyl/N-ethyl adjacent to an activating group) is 1. The van der Waals surface area contributed by atoms with Gasteiger partial charge in [0.15, 0.2) is 5.78 Å². The van der Waals surface area contributed by atoms with Gasteiger partial charge < -0.3 is 5.32 Å². The van der Waals surface area contributed by atoms with Gasteiger partial charge in [0.1, 0.15) is 0 Å². The van der Waals surface area contributed by atoms with E-state index in [9.17, 15) is 4.79 Å². The summed E-state index contributed by atoms with van der Waals surface area (Å²) in [4.78, 5) is 11.7. The molecule has 1 aromatic carbocycles. The monoisotopic (exact) mass is 231 g/mol. The molecule has 0 bridgehead atoms. The number of benzene rings is 1. The van der Waals surface area contributed by atoms with Gasteiger partial charge in [-0.15, -0.1) is 0 Å². The third-order valence-electron chi connectivity index (χ3n) is 1.97. The van der Waals surface area contributed by atoms with E-state index in [4.69, 9.17) is 23.2 Å². The standard InChI is InChI=1S/C10H11Cl2NO/c1-6(13-2)10(14)7-3-8(11)5-9(12)4-7/h3-6,13H,1-2H3. The Morgan fingerprint density at radius 1 is 1.29 bits per heavy atom. The molecule has 0 spiro atoms. The number of ketones is 1. The molecule has 76 valence electrons. The Morgan fingerprint density at radius 2 is 1.79 bits per heavy atom. The molecular weight excluding hydrogens is 221 g/mol. The first-order valence-electron chi connectivity index (χ1n) is 4.22. The van der Waals surface area contributed by atoms with Gasteiger partial charge in [-0.05, 0) is 32.2 Å². The van der Waals surface area contributed by atoms with Crippen molar-refractivity contribution in [3.05, 3.63) is 33.8 Å². The van der Waals surface area contributed by atoms with Crippen LogP contribution in [0.2, 0.25) is 10.0 Å². The molecule has 0 heterocycles. The van der Waals surface area contributed by atoms with Gasteiger partial charge in [0, 0.05) is 15.6 Å². The van der Waals surface area contributed by atoms with Crippen LogP contribution in [0.4, 0.5) is 0 Å². The lowest BCUT2D eigenvalue weighted by atomic mass is 10.1. The van der Waals surface area contributed by atoms with Crippen molar-refractivity contribution in [1.82, 2.24) is 5.32 Å². The van der Waals surface area contributed by atoms with Gasteiger partial charge >= 0.3 is 0 Å². The maximum Gasteiger partial charge on any atom is 0.179 e. The fourth-order valence-corrected chi connectivity index (χ4v) is 1.60. The molecule has 0 saturated heterocycles. The number of hydrogen-bond donors (Lipinski definition) is 1. The summed E-state index contributed by atoms with van der Waals surface area (Å²) in [6, 6.07) is 4.60. The van der Waals surface area contributed by atoms with Gasteiger partial charge in [0.05, 0.1) is 6.04 Å². The lowest BCUT2D eigenvalue weighted by Crippen LogP contribution is -2.30. The third-order valence-corrected chi connectivity index (χ3v) is 2.41. The molecular formula is C10H11Cl2NO. The van der Waals surface area contributed by atoms with E-state index in [1.54, 1.807) is 32.2 Å². The van der Waals surface area contributed by atoms with Crippen molar-refractivity contribution < 1.29 is 4.79 Å². The van der Waals surface area contributed by atoms with E-state index < -0.39 is 0 Å². The fourth-order valence-electron chi connectivity index (χ4n) is 1.08. The number of nitrogens with one attached hydrogen (secondary N) is 1. The van der Waals surface area contributed by atoms with Crippen molar-refractivity contribution in [2.24, 2.45) is 0 Å². The summed E-state index contributed by atoms with van der Waals surface area (Å²) >= 11 is 11.6. The average Bonchev–Trinajstić information content (AvgIpc) is 2.14. The van der Waals surface area contributed by atoms with E-state index in [0.29, 0.717) is 15.6 Å². The molecule has 4 heteroatoms. The van der Waals surface area contributed by atoms with Crippen LogP contribution in [0.3, 0.4) is 0 Å². The molecule has 0 radical (unpaired) electrons. The minimum absolute atomic E-state index is 0.0168. The molecule has 1 rings (SSSR count). The molecule has 0 aromatic heterocycles. The van der Waals surface area contributed by atoms with Gasteiger partial charge in [0.2, 0.25) is 0 Å². The number of halogens is 2. The van der Waals surface area contributed by atoms with Crippen LogP contribution in [0.15, 0.2) is 18.2 Å². The predicted octanol–water partition coefficient (Wildman–Crippen LogP) is 2.78. The number of Topliss-reactive ketones (excluding diaryl/α,β-unsaturated/α-hetero) is 1. The average molecular weight is 232 g/mol. The number of rotatable bonds is 3. The van der Waals surface area contributed by atoms with Gasteiger partial charge in [-0.25, -0.2) is 0 Å². The van der Waals surface area contributed by atoms with Crippen LogP contribution in [0.1, 0.15) is 17.3 Å². The van der Waals surface area contributed by atoms with Crippen LogP contribution < -0.4 is 5.32 Å². The first-order chi connectivity index (χ1) is 6.54. The van der Waals surface area contributed by atoms with Crippen molar-refractivity contribution in [3.63, 3.8) is 0 Å². The highest BCUT2D eigenvalue weighted by Gasteiger charge is 2.13. The van der Waals surface area contributed by atoms with Crippen molar-refractivity contribution in [2.45, 2.75) is 13.0 Å². The molecule has 1 N–H and O–H groups in total. The van der Waals surface area contributed by atoms with Gasteiger partial charge in [-0.2, -0.15) is 0 Å². The highest BCUT2D eigenvalue weighted by Crippen LogP contribution is 2.19. The fraction of sp³-hybridized carbons (Fsp3) is 0.300. The largest absolute Gasteiger partial charge is 0.310 e. The molecule has 0 saturated carbocycles. The first kappa shape index (κ1) is 11.5. The molecule has 0 amide bonds. The Hall–Kier alpha value is -0.570. The predicted molar refractivity (Wildman–Crippen MR) is 59.3 cm³/mol. The quantitative estimate of drug-likeness (QED) is 0.812. The van der Waals surface area contributed by atoms with E-state index >= 15 is 0 Å². The van der Waals surface area contributed by atoms with E-state index in [-0.39, 0.29) is 11.8 Å². The van der Waals surface area contributed by atoms with Gasteiger partial charge in [-0.1, -0.05) is 23.2 Å². The summed E-state index contributed by atoms with van der Waals surface area (Å²) in [6.07, 6.45) is 0. The Labute approximate surface area is 93.2 Å². The molecule has 0 aliphatic rings. The molecule has 2 nitrogen and oxygen atoms in total. The maximum atomic E-state index is 11.7. The zero-order valence-electron chi connectivity index (χ0n) is 7.97. The number of hydrogen-bond acceptors (Lipinski definition) is 2. The van der Waals surface area contributed by atoms with Gasteiger partial charge in [-0.3, -0.25) is 4.79 Å². The molecule has 1 atom stereocenters. The first-order valence-corrected chi connectivity index (χ1v) is 4.97. The smallest absolute Gasteiger partial charge is 0.179 e. The second kappa shape index (κ2) is 4.78. The summed E-state index contributed by atoms with van der Waals surface area (Å²) in [6.45, 7) is 1.79. The zero-order valence-corrected chi connectivity index (χ0v) is 9.49. The SMILES string of the molecule is CNC(C)C(=O)c1cc(Cl)cc(Cl)c1. The molecule has 1 unspecified atom stereocenters. The molecule has 14 heavy (non-hydrogen) atoms. The Balaban J connectivity index is 3.01. The van der Waals surface area contributed by atoms with Crippen LogP contribution in [-0.2, 0) is 0 Å². The Morgan fingerprint density at radius 3 is 2.21 bits per heavy atom. The minimum atomic E-state index is -0.232. The van der Waals surface area contributed by atoms with E-state index in [2.05, 4.69) is 5.32 Å². The van der Waals surface area contributed by atoms with Crippen molar-refractivity contribution in [3.8, 4) is 0 Å². The number of carbonyl (C=O) groups is 1. The molecule has 0 aliphatic carbocycles. The van der Waals surface area contributed by atoms with Crippen molar-refractivity contribution in [2.75, 3.05) is 7.05 Å². The molecule has 0 fully saturated rings. The zero-order chi connectivity index (χ0) is 10.7. The van der Waals surface area contributed by atoms with Crippen molar-refractivity contribution in [1.29, 1.82) is 0 Å². The number of carbonyl (C=O) groups excluding carboxylic acids is 1. The maximum absolute atomic E-state index is 11.7. The van der Waals surface area contributed by atoms with E-state index in [0.717, 1.165) is 0 Å². The summed E-state index contributed by atoms with van der Waals surface area (Å²) in [5.41, 5.74) is 0.532. The second-order valence-electron chi connectivity index (χ2n) is 3.03. The van der Waals surface area contributed by atoms with Crippen LogP contribution in [0.25, 0.3) is 0 Å². The van der Waals surface area contributed by atoms with Crippen molar-refractivity contribution >= 4 is 29.0 Å². The molecule has 0 aliphatic heterocycles. The summed E-state index contributed by atoms with van der Waals surface area (Å²) in [5, 5.41) is 3.82. The Bertz CT molecular complexity index is 332. The van der Waals surface area contributed by atoms with Crippen LogP contribution in [0, 0.1) is 0 Å². The second-order valence-corrected chi connectivity index (χ2v) is 3.91. The third kappa shape index (κ3) is 2.71. The lowest BCUT2D eigenvalue weighted by molar-refractivity contribution is 0.0955. The van der Waals surface area contributed by atoms with Crippen LogP contribution in [-0.4, -0.2) is 18.9 Å². The molecule has 1 aromatic rings. The van der Waals surface area contributed by atoms with Crippen LogP contribution >= 0.6 is 23.2 Å². The minimum Gasteiger partial charge on any atom is -0.310 e. The normalized spacial score (nSPS) is 12.6. The summed E-state index contributed by atoms with van der Waals surface area (Å²) in [5.74, 6) is -0.0168. The Kier molecular flexibility index (Phi) is 3.93. The lowest BCUT2D eigenvalue weighted by Gasteiger charge is -2.09. The van der Waals surface area contributed by atoms with E-state index in [1.807, 2.05) is 0 Å².